The molecule has 0 saturated heterocycles. The SMILES string of the molecule is Cc1cc(-c2nc(-c3ccc(OC(F)(F)F)cc3)no2)nn1Cc1ccnc(NCCc2cccnc2)c1. The number of nitrogens with zero attached hydrogens (tertiary/aromatic N) is 6. The molecular weight excluding hydrogens is 499 g/mol. The van der Waals surface area contributed by atoms with E-state index in [-0.39, 0.29) is 17.5 Å². The predicted octanol–water partition coefficient (Wildman–Crippen LogP) is 5.30. The highest BCUT2D eigenvalue weighted by atomic mass is 19.4. The molecule has 4 heterocycles. The molecule has 1 N–H and O–H groups in total. The summed E-state index contributed by atoms with van der Waals surface area (Å²) in [5, 5.41) is 11.9. The maximum Gasteiger partial charge on any atom is 0.573 e. The summed E-state index contributed by atoms with van der Waals surface area (Å²) in [7, 11) is 0. The first-order chi connectivity index (χ1) is 18.3. The van der Waals surface area contributed by atoms with Crippen molar-refractivity contribution in [2.24, 2.45) is 0 Å². The smallest absolute Gasteiger partial charge is 0.406 e. The van der Waals surface area contributed by atoms with Crippen LogP contribution in [0.25, 0.3) is 23.0 Å². The number of aromatic nitrogens is 6. The lowest BCUT2D eigenvalue weighted by molar-refractivity contribution is -0.274. The summed E-state index contributed by atoms with van der Waals surface area (Å²) >= 11 is 0. The zero-order valence-electron chi connectivity index (χ0n) is 20.2. The standard InChI is InChI=1S/C26H22F3N7O2/c1-17-13-22(25-33-24(35-38-25)20-4-6-21(7-5-20)37-26(27,28)29)34-36(17)16-19-9-12-32-23(14-19)31-11-8-18-3-2-10-30-15-18/h2-7,9-10,12-15H,8,11,16H2,1H3,(H,31,32). The van der Waals surface area contributed by atoms with Crippen molar-refractivity contribution >= 4 is 5.82 Å². The molecule has 1 aromatic carbocycles. The van der Waals surface area contributed by atoms with E-state index in [1.54, 1.807) is 12.4 Å². The van der Waals surface area contributed by atoms with Crippen molar-refractivity contribution in [2.75, 3.05) is 11.9 Å². The van der Waals surface area contributed by atoms with Gasteiger partial charge in [-0.15, -0.1) is 13.2 Å². The van der Waals surface area contributed by atoms with Gasteiger partial charge in [-0.1, -0.05) is 11.2 Å². The van der Waals surface area contributed by atoms with Gasteiger partial charge in [-0.25, -0.2) is 4.98 Å². The lowest BCUT2D eigenvalue weighted by atomic mass is 10.2. The average molecular weight is 522 g/mol. The van der Waals surface area contributed by atoms with Gasteiger partial charge < -0.3 is 14.6 Å². The summed E-state index contributed by atoms with van der Waals surface area (Å²) in [5.74, 6) is 0.860. The van der Waals surface area contributed by atoms with Crippen LogP contribution in [0.15, 0.2) is 77.7 Å². The number of halogens is 3. The number of nitrogens with one attached hydrogen (secondary N) is 1. The van der Waals surface area contributed by atoms with E-state index >= 15 is 0 Å². The first kappa shape index (κ1) is 24.9. The quantitative estimate of drug-likeness (QED) is 0.279. The fourth-order valence-corrected chi connectivity index (χ4v) is 3.75. The van der Waals surface area contributed by atoms with Crippen molar-refractivity contribution in [3.63, 3.8) is 0 Å². The molecule has 0 amide bonds. The second-order valence-electron chi connectivity index (χ2n) is 8.41. The van der Waals surface area contributed by atoms with E-state index in [0.717, 1.165) is 35.6 Å². The Morgan fingerprint density at radius 3 is 2.63 bits per heavy atom. The van der Waals surface area contributed by atoms with Crippen LogP contribution in [0.5, 0.6) is 5.75 Å². The van der Waals surface area contributed by atoms with E-state index in [0.29, 0.717) is 17.8 Å². The van der Waals surface area contributed by atoms with Crippen molar-refractivity contribution in [1.29, 1.82) is 0 Å². The topological polar surface area (TPSA) is 104 Å². The van der Waals surface area contributed by atoms with Crippen LogP contribution in [0.2, 0.25) is 0 Å². The number of alkyl halides is 3. The van der Waals surface area contributed by atoms with Crippen LogP contribution in [0, 0.1) is 6.92 Å². The van der Waals surface area contributed by atoms with Gasteiger partial charge in [0.25, 0.3) is 5.89 Å². The highest BCUT2D eigenvalue weighted by Gasteiger charge is 2.31. The number of benzene rings is 1. The van der Waals surface area contributed by atoms with Crippen molar-refractivity contribution < 1.29 is 22.4 Å². The monoisotopic (exact) mass is 521 g/mol. The third-order valence-corrected chi connectivity index (χ3v) is 5.57. The molecule has 0 unspecified atom stereocenters. The molecule has 4 aromatic heterocycles. The second-order valence-corrected chi connectivity index (χ2v) is 8.41. The van der Waals surface area contributed by atoms with E-state index < -0.39 is 6.36 Å². The maximum atomic E-state index is 12.4. The number of hydrogen-bond donors (Lipinski definition) is 1. The predicted molar refractivity (Wildman–Crippen MR) is 132 cm³/mol. The molecule has 0 atom stereocenters. The largest absolute Gasteiger partial charge is 0.573 e. The summed E-state index contributed by atoms with van der Waals surface area (Å²) < 4.78 is 48.2. The Balaban J connectivity index is 1.23. The molecule has 9 nitrogen and oxygen atoms in total. The van der Waals surface area contributed by atoms with E-state index in [9.17, 15) is 13.2 Å². The van der Waals surface area contributed by atoms with Crippen LogP contribution < -0.4 is 10.1 Å². The minimum Gasteiger partial charge on any atom is -0.406 e. The van der Waals surface area contributed by atoms with Crippen molar-refractivity contribution in [3.8, 4) is 28.7 Å². The maximum absolute atomic E-state index is 12.4. The van der Waals surface area contributed by atoms with Gasteiger partial charge in [0.15, 0.2) is 5.69 Å². The molecular formula is C26H22F3N7O2. The third-order valence-electron chi connectivity index (χ3n) is 5.57. The van der Waals surface area contributed by atoms with E-state index in [1.807, 2.05) is 48.1 Å². The van der Waals surface area contributed by atoms with Gasteiger partial charge in [0.05, 0.1) is 6.54 Å². The Morgan fingerprint density at radius 2 is 1.87 bits per heavy atom. The lowest BCUT2D eigenvalue weighted by Crippen LogP contribution is -2.16. The van der Waals surface area contributed by atoms with Gasteiger partial charge in [0.2, 0.25) is 5.82 Å². The first-order valence-electron chi connectivity index (χ1n) is 11.6. The molecule has 5 rings (SSSR count). The highest BCUT2D eigenvalue weighted by Crippen LogP contribution is 2.27. The number of anilines is 1. The summed E-state index contributed by atoms with van der Waals surface area (Å²) in [6, 6.07) is 14.9. The number of hydrogen-bond acceptors (Lipinski definition) is 8. The Bertz CT molecular complexity index is 1500. The molecule has 0 fully saturated rings. The van der Waals surface area contributed by atoms with Crippen LogP contribution >= 0.6 is 0 Å². The van der Waals surface area contributed by atoms with E-state index in [4.69, 9.17) is 4.52 Å². The van der Waals surface area contributed by atoms with Gasteiger partial charge in [0.1, 0.15) is 11.6 Å². The molecule has 0 aliphatic carbocycles. The number of rotatable bonds is 9. The number of ether oxygens (including phenoxy) is 1. The normalized spacial score (nSPS) is 11.5. The Morgan fingerprint density at radius 1 is 1.03 bits per heavy atom. The van der Waals surface area contributed by atoms with Gasteiger partial charge in [0, 0.05) is 36.4 Å². The number of aryl methyl sites for hydroxylation is 1. The Kier molecular flexibility index (Phi) is 7.03. The van der Waals surface area contributed by atoms with Gasteiger partial charge >= 0.3 is 6.36 Å². The fourth-order valence-electron chi connectivity index (χ4n) is 3.75. The molecule has 0 aliphatic heterocycles. The molecule has 5 aromatic rings. The van der Waals surface area contributed by atoms with Crippen molar-refractivity contribution in [2.45, 2.75) is 26.3 Å². The summed E-state index contributed by atoms with van der Waals surface area (Å²) in [6.45, 7) is 3.15. The Hall–Kier alpha value is -4.74. The molecule has 194 valence electrons. The van der Waals surface area contributed by atoms with Crippen LogP contribution in [-0.4, -0.2) is 42.8 Å². The molecule has 0 radical (unpaired) electrons. The molecule has 38 heavy (non-hydrogen) atoms. The molecule has 0 aliphatic rings. The molecule has 12 heteroatoms. The van der Waals surface area contributed by atoms with Crippen LogP contribution in [0.1, 0.15) is 16.8 Å². The first-order valence-corrected chi connectivity index (χ1v) is 11.6. The van der Waals surface area contributed by atoms with Crippen molar-refractivity contribution in [1.82, 2.24) is 29.9 Å². The zero-order valence-corrected chi connectivity index (χ0v) is 20.2. The fraction of sp³-hybridized carbons (Fsp3) is 0.192. The highest BCUT2D eigenvalue weighted by molar-refractivity contribution is 5.59. The van der Waals surface area contributed by atoms with Crippen molar-refractivity contribution in [3.05, 3.63) is 90.0 Å². The average Bonchev–Trinajstić information content (AvgIpc) is 3.52. The minimum absolute atomic E-state index is 0.199. The second kappa shape index (κ2) is 10.7. The number of pyridine rings is 2. The van der Waals surface area contributed by atoms with E-state index in [2.05, 4.69) is 35.3 Å². The minimum atomic E-state index is -4.76. The van der Waals surface area contributed by atoms with E-state index in [1.165, 1.54) is 24.3 Å². The molecule has 0 spiro atoms. The van der Waals surface area contributed by atoms with Crippen LogP contribution in [0.4, 0.5) is 19.0 Å². The van der Waals surface area contributed by atoms with Gasteiger partial charge in [-0.05, 0) is 73.0 Å². The molecule has 0 saturated carbocycles. The summed E-state index contributed by atoms with van der Waals surface area (Å²) in [5.41, 5.74) is 4.01. The van der Waals surface area contributed by atoms with Crippen LogP contribution in [-0.2, 0) is 13.0 Å². The lowest BCUT2D eigenvalue weighted by Gasteiger charge is -2.08. The van der Waals surface area contributed by atoms with Gasteiger partial charge in [-0.3, -0.25) is 9.67 Å². The zero-order chi connectivity index (χ0) is 26.5. The third kappa shape index (κ3) is 6.33. The van der Waals surface area contributed by atoms with Gasteiger partial charge in [-0.2, -0.15) is 10.1 Å². The summed E-state index contributed by atoms with van der Waals surface area (Å²) in [4.78, 5) is 12.9. The Labute approximate surface area is 215 Å². The summed E-state index contributed by atoms with van der Waals surface area (Å²) in [6.07, 6.45) is 1.42. The molecule has 0 bridgehead atoms. The van der Waals surface area contributed by atoms with Crippen LogP contribution in [0.3, 0.4) is 0 Å².